The predicted octanol–water partition coefficient (Wildman–Crippen LogP) is 2.05. The lowest BCUT2D eigenvalue weighted by Crippen LogP contribution is -2.36. The molecule has 1 aliphatic rings. The van der Waals surface area contributed by atoms with Crippen LogP contribution >= 0.6 is 11.8 Å². The van der Waals surface area contributed by atoms with Gasteiger partial charge in [0.1, 0.15) is 11.7 Å². The minimum absolute atomic E-state index is 0.0849. The molecule has 2 rings (SSSR count). The molecule has 0 saturated carbocycles. The zero-order valence-electron chi connectivity index (χ0n) is 10.4. The molecular weight excluding hydrogens is 249 g/mol. The lowest BCUT2D eigenvalue weighted by atomic mass is 10.1. The predicted molar refractivity (Wildman–Crippen MR) is 74.6 cm³/mol. The summed E-state index contributed by atoms with van der Waals surface area (Å²) in [6.45, 7) is 4.99. The summed E-state index contributed by atoms with van der Waals surface area (Å²) in [4.78, 5) is 2.32. The normalized spacial score (nSPS) is 20.9. The fourth-order valence-corrected chi connectivity index (χ4v) is 3.27. The molecule has 0 spiro atoms. The Morgan fingerprint density at radius 3 is 3.00 bits per heavy atom. The van der Waals surface area contributed by atoms with Gasteiger partial charge >= 0.3 is 0 Å². The van der Waals surface area contributed by atoms with Crippen molar-refractivity contribution in [3.8, 4) is 0 Å². The molecule has 1 fully saturated rings. The smallest absolute Gasteiger partial charge is 0.124 e. The SMILES string of the molecule is CC1CN(Cc2cc(F)cc(C(=N)N)c2)CCS1. The summed E-state index contributed by atoms with van der Waals surface area (Å²) in [5, 5.41) is 8.00. The number of halogens is 1. The van der Waals surface area contributed by atoms with E-state index in [9.17, 15) is 4.39 Å². The number of nitrogens with two attached hydrogens (primary N) is 1. The van der Waals surface area contributed by atoms with E-state index in [4.69, 9.17) is 11.1 Å². The van der Waals surface area contributed by atoms with E-state index >= 15 is 0 Å². The lowest BCUT2D eigenvalue weighted by Gasteiger charge is -2.30. The van der Waals surface area contributed by atoms with Crippen LogP contribution in [0.4, 0.5) is 4.39 Å². The standard InChI is InChI=1S/C13H18FN3S/c1-9-7-17(2-3-18-9)8-10-4-11(13(15)16)6-12(14)5-10/h4-6,9H,2-3,7-8H2,1H3,(H3,15,16). The molecule has 0 bridgehead atoms. The van der Waals surface area contributed by atoms with E-state index in [2.05, 4.69) is 11.8 Å². The maximum Gasteiger partial charge on any atom is 0.124 e. The Bertz CT molecular complexity index is 450. The molecule has 1 heterocycles. The monoisotopic (exact) mass is 267 g/mol. The van der Waals surface area contributed by atoms with E-state index < -0.39 is 0 Å². The van der Waals surface area contributed by atoms with Crippen LogP contribution in [0.3, 0.4) is 0 Å². The van der Waals surface area contributed by atoms with Gasteiger partial charge in [0.2, 0.25) is 0 Å². The summed E-state index contributed by atoms with van der Waals surface area (Å²) in [7, 11) is 0. The van der Waals surface area contributed by atoms with Crippen molar-refractivity contribution >= 4 is 17.6 Å². The number of nitrogens with one attached hydrogen (secondary N) is 1. The van der Waals surface area contributed by atoms with Gasteiger partial charge in [-0.05, 0) is 23.8 Å². The van der Waals surface area contributed by atoms with Crippen LogP contribution in [-0.2, 0) is 6.54 Å². The molecule has 0 aliphatic carbocycles. The molecule has 1 aromatic rings. The van der Waals surface area contributed by atoms with Crippen molar-refractivity contribution in [2.75, 3.05) is 18.8 Å². The van der Waals surface area contributed by atoms with Gasteiger partial charge in [0.05, 0.1) is 0 Å². The molecule has 98 valence electrons. The number of benzene rings is 1. The molecule has 1 atom stereocenters. The van der Waals surface area contributed by atoms with E-state index in [-0.39, 0.29) is 11.7 Å². The van der Waals surface area contributed by atoms with Crippen molar-refractivity contribution in [3.05, 3.63) is 35.1 Å². The van der Waals surface area contributed by atoms with Crippen molar-refractivity contribution in [2.24, 2.45) is 5.73 Å². The van der Waals surface area contributed by atoms with Gasteiger partial charge in [-0.1, -0.05) is 6.92 Å². The summed E-state index contributed by atoms with van der Waals surface area (Å²) in [6.07, 6.45) is 0. The van der Waals surface area contributed by atoms with E-state index in [1.54, 1.807) is 6.07 Å². The summed E-state index contributed by atoms with van der Waals surface area (Å²) < 4.78 is 13.4. The Kier molecular flexibility index (Phi) is 4.24. The first-order chi connectivity index (χ1) is 8.54. The van der Waals surface area contributed by atoms with Gasteiger partial charge in [-0.3, -0.25) is 10.3 Å². The van der Waals surface area contributed by atoms with Crippen LogP contribution < -0.4 is 5.73 Å². The van der Waals surface area contributed by atoms with Gasteiger partial charge in [-0.2, -0.15) is 11.8 Å². The van der Waals surface area contributed by atoms with Crippen LogP contribution in [-0.4, -0.2) is 34.8 Å². The first-order valence-electron chi connectivity index (χ1n) is 6.02. The van der Waals surface area contributed by atoms with Crippen LogP contribution in [0.25, 0.3) is 0 Å². The molecule has 1 unspecified atom stereocenters. The Balaban J connectivity index is 2.10. The van der Waals surface area contributed by atoms with Gasteiger partial charge in [0.25, 0.3) is 0 Å². The van der Waals surface area contributed by atoms with Crippen molar-refractivity contribution in [2.45, 2.75) is 18.7 Å². The second kappa shape index (κ2) is 5.71. The number of hydrogen-bond donors (Lipinski definition) is 2. The number of hydrogen-bond acceptors (Lipinski definition) is 3. The van der Waals surface area contributed by atoms with Crippen molar-refractivity contribution in [1.82, 2.24) is 4.90 Å². The van der Waals surface area contributed by atoms with Crippen LogP contribution in [0.2, 0.25) is 0 Å². The van der Waals surface area contributed by atoms with Gasteiger partial charge < -0.3 is 5.73 Å². The minimum Gasteiger partial charge on any atom is -0.384 e. The Morgan fingerprint density at radius 1 is 1.56 bits per heavy atom. The van der Waals surface area contributed by atoms with Gasteiger partial charge in [0.15, 0.2) is 0 Å². The van der Waals surface area contributed by atoms with E-state index in [1.807, 2.05) is 11.8 Å². The highest BCUT2D eigenvalue weighted by molar-refractivity contribution is 7.99. The van der Waals surface area contributed by atoms with Crippen molar-refractivity contribution < 1.29 is 4.39 Å². The lowest BCUT2D eigenvalue weighted by molar-refractivity contribution is 0.278. The first-order valence-corrected chi connectivity index (χ1v) is 7.07. The molecular formula is C13H18FN3S. The van der Waals surface area contributed by atoms with Gasteiger partial charge in [-0.25, -0.2) is 4.39 Å². The molecule has 5 heteroatoms. The summed E-state index contributed by atoms with van der Waals surface area (Å²) in [6, 6.07) is 4.64. The van der Waals surface area contributed by atoms with Crippen LogP contribution in [0.5, 0.6) is 0 Å². The second-order valence-corrected chi connectivity index (χ2v) is 6.22. The molecule has 0 amide bonds. The number of thioether (sulfide) groups is 1. The highest BCUT2D eigenvalue weighted by Crippen LogP contribution is 2.20. The van der Waals surface area contributed by atoms with Gasteiger partial charge in [0, 0.05) is 36.2 Å². The fraction of sp³-hybridized carbons (Fsp3) is 0.462. The topological polar surface area (TPSA) is 53.1 Å². The molecule has 1 aliphatic heterocycles. The summed E-state index contributed by atoms with van der Waals surface area (Å²) in [5.41, 5.74) is 6.76. The maximum atomic E-state index is 13.4. The maximum absolute atomic E-state index is 13.4. The zero-order valence-corrected chi connectivity index (χ0v) is 11.3. The summed E-state index contributed by atoms with van der Waals surface area (Å²) in [5.74, 6) is 0.714. The number of nitrogen functional groups attached to an aromatic ring is 1. The van der Waals surface area contributed by atoms with Crippen LogP contribution in [0.1, 0.15) is 18.1 Å². The van der Waals surface area contributed by atoms with Crippen LogP contribution in [0, 0.1) is 11.2 Å². The molecule has 0 aromatic heterocycles. The molecule has 3 N–H and O–H groups in total. The number of rotatable bonds is 3. The Hall–Kier alpha value is -1.07. The number of nitrogens with zero attached hydrogens (tertiary/aromatic N) is 1. The summed E-state index contributed by atoms with van der Waals surface area (Å²) >= 11 is 1.97. The molecule has 3 nitrogen and oxygen atoms in total. The van der Waals surface area contributed by atoms with Crippen molar-refractivity contribution in [3.63, 3.8) is 0 Å². The molecule has 1 saturated heterocycles. The van der Waals surface area contributed by atoms with Gasteiger partial charge in [-0.15, -0.1) is 0 Å². The quantitative estimate of drug-likeness (QED) is 0.651. The Morgan fingerprint density at radius 2 is 2.33 bits per heavy atom. The van der Waals surface area contributed by atoms with Crippen molar-refractivity contribution in [1.29, 1.82) is 5.41 Å². The average molecular weight is 267 g/mol. The molecule has 1 aromatic carbocycles. The molecule has 18 heavy (non-hydrogen) atoms. The zero-order chi connectivity index (χ0) is 13.1. The van der Waals surface area contributed by atoms with E-state index in [0.717, 1.165) is 31.0 Å². The molecule has 0 radical (unpaired) electrons. The second-order valence-electron chi connectivity index (χ2n) is 4.68. The van der Waals surface area contributed by atoms with E-state index in [1.165, 1.54) is 12.1 Å². The fourth-order valence-electron chi connectivity index (χ4n) is 2.19. The largest absolute Gasteiger partial charge is 0.384 e. The third-order valence-corrected chi connectivity index (χ3v) is 4.14. The third kappa shape index (κ3) is 3.46. The number of amidine groups is 1. The third-order valence-electron chi connectivity index (χ3n) is 3.00. The average Bonchev–Trinajstić information content (AvgIpc) is 2.28. The Labute approximate surface area is 111 Å². The highest BCUT2D eigenvalue weighted by Gasteiger charge is 2.17. The first kappa shape index (κ1) is 13.4. The minimum atomic E-state index is -0.322. The van der Waals surface area contributed by atoms with Crippen LogP contribution in [0.15, 0.2) is 18.2 Å². The van der Waals surface area contributed by atoms with E-state index in [0.29, 0.717) is 10.8 Å². The highest BCUT2D eigenvalue weighted by atomic mass is 32.2.